The molecule has 1 saturated heterocycles. The Morgan fingerprint density at radius 3 is 2.75 bits per heavy atom. The van der Waals surface area contributed by atoms with E-state index in [0.29, 0.717) is 17.1 Å². The summed E-state index contributed by atoms with van der Waals surface area (Å²) in [5.74, 6) is 0.758. The molecule has 0 bridgehead atoms. The first-order valence-electron chi connectivity index (χ1n) is 6.63. The Labute approximate surface area is 96.7 Å². The zero-order chi connectivity index (χ0) is 11.3. The molecule has 5 atom stereocenters. The highest BCUT2D eigenvalue weighted by Gasteiger charge is 2.83. The van der Waals surface area contributed by atoms with Crippen LogP contribution in [-0.4, -0.2) is 18.0 Å². The second kappa shape index (κ2) is 2.27. The lowest BCUT2D eigenvalue weighted by atomic mass is 9.49. The van der Waals surface area contributed by atoms with Gasteiger partial charge in [-0.1, -0.05) is 27.2 Å². The summed E-state index contributed by atoms with van der Waals surface area (Å²) >= 11 is 0. The van der Waals surface area contributed by atoms with Gasteiger partial charge < -0.3 is 4.74 Å². The molecule has 0 aromatic rings. The molecule has 1 aliphatic heterocycles. The zero-order valence-electron chi connectivity index (χ0n) is 10.4. The third-order valence-corrected chi connectivity index (χ3v) is 6.43. The van der Waals surface area contributed by atoms with Gasteiger partial charge in [-0.15, -0.1) is 0 Å². The van der Waals surface area contributed by atoms with Gasteiger partial charge in [-0.2, -0.15) is 0 Å². The number of carbonyl (C=O) groups is 1. The van der Waals surface area contributed by atoms with Gasteiger partial charge in [-0.25, -0.2) is 0 Å². The number of hydrogen-bond acceptors (Lipinski definition) is 2. The summed E-state index contributed by atoms with van der Waals surface area (Å²) in [4.78, 5) is 12.2. The maximum Gasteiger partial charge on any atom is 0.167 e. The molecule has 4 aliphatic rings. The molecule has 4 rings (SSSR count). The molecule has 2 heteroatoms. The molecule has 0 aromatic carbocycles. The van der Waals surface area contributed by atoms with Gasteiger partial charge in [0, 0.05) is 11.3 Å². The minimum Gasteiger partial charge on any atom is -0.361 e. The lowest BCUT2D eigenvalue weighted by molar-refractivity contribution is -0.128. The quantitative estimate of drug-likeness (QED) is 0.587. The van der Waals surface area contributed by atoms with Gasteiger partial charge >= 0.3 is 0 Å². The molecule has 16 heavy (non-hydrogen) atoms. The monoisotopic (exact) mass is 220 g/mol. The van der Waals surface area contributed by atoms with Crippen molar-refractivity contribution in [1.29, 1.82) is 0 Å². The van der Waals surface area contributed by atoms with Crippen molar-refractivity contribution in [2.24, 2.45) is 22.2 Å². The van der Waals surface area contributed by atoms with Gasteiger partial charge in [0.2, 0.25) is 0 Å². The second-order valence-electron chi connectivity index (χ2n) is 7.26. The summed E-state index contributed by atoms with van der Waals surface area (Å²) in [5, 5.41) is 0. The van der Waals surface area contributed by atoms with Crippen LogP contribution in [0.25, 0.3) is 0 Å². The molecule has 0 radical (unpaired) electrons. The van der Waals surface area contributed by atoms with Gasteiger partial charge in [0.05, 0.1) is 6.10 Å². The predicted molar refractivity (Wildman–Crippen MR) is 59.9 cm³/mol. The van der Waals surface area contributed by atoms with Gasteiger partial charge in [-0.3, -0.25) is 4.79 Å². The first kappa shape index (κ1) is 9.64. The molecule has 4 fully saturated rings. The number of Topliss-reactive ketones (excluding diaryl/α,β-unsaturated/α-hetero) is 1. The highest BCUT2D eigenvalue weighted by molar-refractivity contribution is 5.93. The maximum absolute atomic E-state index is 12.2. The third-order valence-electron chi connectivity index (χ3n) is 6.43. The fourth-order valence-electron chi connectivity index (χ4n) is 5.51. The van der Waals surface area contributed by atoms with Crippen molar-refractivity contribution in [3.63, 3.8) is 0 Å². The topological polar surface area (TPSA) is 29.6 Å². The van der Waals surface area contributed by atoms with Gasteiger partial charge in [0.1, 0.15) is 6.10 Å². The molecule has 0 N–H and O–H groups in total. The molecule has 1 heterocycles. The number of fused-ring (bicyclic) bond motifs is 2. The molecule has 0 aromatic heterocycles. The van der Waals surface area contributed by atoms with Crippen LogP contribution >= 0.6 is 0 Å². The van der Waals surface area contributed by atoms with E-state index < -0.39 is 0 Å². The molecule has 1 spiro atoms. The van der Waals surface area contributed by atoms with Crippen molar-refractivity contribution in [1.82, 2.24) is 0 Å². The van der Waals surface area contributed by atoms with E-state index in [0.717, 1.165) is 6.42 Å². The smallest absolute Gasteiger partial charge is 0.167 e. The zero-order valence-corrected chi connectivity index (χ0v) is 10.4. The summed E-state index contributed by atoms with van der Waals surface area (Å²) in [6, 6.07) is 0. The van der Waals surface area contributed by atoms with Crippen molar-refractivity contribution in [3.05, 3.63) is 0 Å². The fourth-order valence-corrected chi connectivity index (χ4v) is 5.51. The summed E-state index contributed by atoms with van der Waals surface area (Å²) in [6.07, 6.45) is 5.24. The highest BCUT2D eigenvalue weighted by atomic mass is 16.6. The number of rotatable bonds is 0. The van der Waals surface area contributed by atoms with Crippen molar-refractivity contribution in [3.8, 4) is 0 Å². The summed E-state index contributed by atoms with van der Waals surface area (Å²) in [6.45, 7) is 7.14. The molecular formula is C14H20O2. The summed E-state index contributed by atoms with van der Waals surface area (Å²) in [7, 11) is 0. The van der Waals surface area contributed by atoms with Crippen LogP contribution in [0.4, 0.5) is 0 Å². The van der Waals surface area contributed by atoms with E-state index in [2.05, 4.69) is 20.8 Å². The number of ketones is 1. The van der Waals surface area contributed by atoms with E-state index in [1.54, 1.807) is 0 Å². The number of hydrogen-bond donors (Lipinski definition) is 0. The van der Waals surface area contributed by atoms with Crippen LogP contribution in [0.3, 0.4) is 0 Å². The standard InChI is InChI=1S/C14H20O2/c1-12(2)5-4-6-13(3)11-10(16-11)9(15)8-7-14(8,12)13/h8,10-11H,4-7H2,1-3H3. The average Bonchev–Trinajstić information content (AvgIpc) is 3.05. The molecule has 5 unspecified atom stereocenters. The van der Waals surface area contributed by atoms with E-state index in [4.69, 9.17) is 4.74 Å². The third kappa shape index (κ3) is 0.729. The Kier molecular flexibility index (Phi) is 1.37. The minimum absolute atomic E-state index is 0.0143. The van der Waals surface area contributed by atoms with Gasteiger partial charge in [-0.05, 0) is 30.1 Å². The van der Waals surface area contributed by atoms with Crippen LogP contribution in [0.2, 0.25) is 0 Å². The number of epoxide rings is 1. The lowest BCUT2D eigenvalue weighted by Gasteiger charge is -2.53. The number of ether oxygens (including phenoxy) is 1. The van der Waals surface area contributed by atoms with Crippen molar-refractivity contribution >= 4 is 5.78 Å². The summed E-state index contributed by atoms with van der Waals surface area (Å²) < 4.78 is 5.70. The molecule has 88 valence electrons. The molecular weight excluding hydrogens is 200 g/mol. The van der Waals surface area contributed by atoms with Crippen LogP contribution < -0.4 is 0 Å². The van der Waals surface area contributed by atoms with E-state index in [9.17, 15) is 4.79 Å². The van der Waals surface area contributed by atoms with E-state index in [-0.39, 0.29) is 23.0 Å². The first-order valence-corrected chi connectivity index (χ1v) is 6.63. The average molecular weight is 220 g/mol. The van der Waals surface area contributed by atoms with Crippen LogP contribution in [-0.2, 0) is 9.53 Å². The first-order chi connectivity index (χ1) is 7.44. The van der Waals surface area contributed by atoms with Crippen LogP contribution in [0, 0.1) is 22.2 Å². The van der Waals surface area contributed by atoms with Gasteiger partial charge in [0.25, 0.3) is 0 Å². The number of carbonyl (C=O) groups excluding carboxylic acids is 1. The Bertz CT molecular complexity index is 400. The largest absolute Gasteiger partial charge is 0.361 e. The van der Waals surface area contributed by atoms with Crippen molar-refractivity contribution in [2.45, 2.75) is 58.7 Å². The normalized spacial score (nSPS) is 60.7. The second-order valence-corrected chi connectivity index (χ2v) is 7.26. The van der Waals surface area contributed by atoms with E-state index >= 15 is 0 Å². The maximum atomic E-state index is 12.2. The highest BCUT2D eigenvalue weighted by Crippen LogP contribution is 2.81. The van der Waals surface area contributed by atoms with Gasteiger partial charge in [0.15, 0.2) is 5.78 Å². The van der Waals surface area contributed by atoms with Crippen LogP contribution in [0.15, 0.2) is 0 Å². The SMILES string of the molecule is CC1(C)CCCC2(C)C3OC3C(=O)C3CC312. The molecule has 3 aliphatic carbocycles. The van der Waals surface area contributed by atoms with E-state index in [1.165, 1.54) is 19.3 Å². The van der Waals surface area contributed by atoms with Crippen LogP contribution in [0.1, 0.15) is 46.5 Å². The predicted octanol–water partition coefficient (Wildman–Crippen LogP) is 2.56. The Morgan fingerprint density at radius 1 is 1.25 bits per heavy atom. The van der Waals surface area contributed by atoms with E-state index in [1.807, 2.05) is 0 Å². The van der Waals surface area contributed by atoms with Crippen molar-refractivity contribution < 1.29 is 9.53 Å². The molecule has 3 saturated carbocycles. The minimum atomic E-state index is -0.0143. The molecule has 0 amide bonds. The Morgan fingerprint density at radius 2 is 2.00 bits per heavy atom. The Balaban J connectivity index is 1.87. The Hall–Kier alpha value is -0.370. The van der Waals surface area contributed by atoms with Crippen LogP contribution in [0.5, 0.6) is 0 Å². The molecule has 2 nitrogen and oxygen atoms in total. The fraction of sp³-hybridized carbons (Fsp3) is 0.929. The lowest BCUT2D eigenvalue weighted by Crippen LogP contribution is -2.52. The van der Waals surface area contributed by atoms with Crippen molar-refractivity contribution in [2.75, 3.05) is 0 Å². The summed E-state index contributed by atoms with van der Waals surface area (Å²) in [5.41, 5.74) is 0.905.